The number of carbonyl (C=O) groups excluding carboxylic acids is 1. The number of benzene rings is 2. The molecule has 1 aromatic heterocycles. The molecular weight excluding hydrogens is 468 g/mol. The van der Waals surface area contributed by atoms with Crippen molar-refractivity contribution in [3.05, 3.63) is 59.8 Å². The highest BCUT2D eigenvalue weighted by atomic mass is 32.2. The van der Waals surface area contributed by atoms with Gasteiger partial charge in [-0.2, -0.15) is 0 Å². The van der Waals surface area contributed by atoms with Crippen LogP contribution < -0.4 is 14.9 Å². The van der Waals surface area contributed by atoms with Gasteiger partial charge in [-0.15, -0.1) is 0 Å². The minimum absolute atomic E-state index is 0.0137. The molecule has 3 aromatic rings. The second-order valence-electron chi connectivity index (χ2n) is 8.49. The topological polar surface area (TPSA) is 96.6 Å². The number of amides is 2. The summed E-state index contributed by atoms with van der Waals surface area (Å²) in [6, 6.07) is 15.8. The number of carbonyl (C=O) groups is 1. The Kier molecular flexibility index (Phi) is 5.90. The Morgan fingerprint density at radius 3 is 2.44 bits per heavy atom. The molecule has 1 saturated carbocycles. The monoisotopic (exact) mass is 492 g/mol. The Morgan fingerprint density at radius 2 is 1.76 bits per heavy atom. The van der Waals surface area contributed by atoms with Crippen LogP contribution in [0.15, 0.2) is 52.7 Å². The van der Waals surface area contributed by atoms with Crippen LogP contribution in [0.25, 0.3) is 11.1 Å². The number of hydrogen-bond acceptors (Lipinski definition) is 5. The lowest BCUT2D eigenvalue weighted by Gasteiger charge is -2.34. The maximum atomic E-state index is 13.3. The largest absolute Gasteiger partial charge is 0.330 e. The molecule has 0 spiro atoms. The number of primary sulfonamides is 1. The first-order valence-corrected chi connectivity index (χ1v) is 13.5. The van der Waals surface area contributed by atoms with Crippen molar-refractivity contribution in [3.63, 3.8) is 0 Å². The molecule has 1 aliphatic heterocycles. The fraction of sp³-hybridized carbons (Fsp3) is 0.280. The highest BCUT2D eigenvalue weighted by Gasteiger charge is 2.31. The second-order valence-corrected chi connectivity index (χ2v) is 11.2. The third-order valence-electron chi connectivity index (χ3n) is 5.86. The van der Waals surface area contributed by atoms with Gasteiger partial charge in [-0.3, -0.25) is 9.80 Å². The van der Waals surface area contributed by atoms with E-state index in [4.69, 9.17) is 5.14 Å². The first-order valence-electron chi connectivity index (χ1n) is 11.1. The maximum Gasteiger partial charge on any atom is 0.330 e. The Balaban J connectivity index is 1.39. The van der Waals surface area contributed by atoms with Gasteiger partial charge in [-0.05, 0) is 55.5 Å². The molecule has 2 fully saturated rings. The van der Waals surface area contributed by atoms with Crippen LogP contribution in [-0.2, 0) is 10.0 Å². The van der Waals surface area contributed by atoms with Crippen LogP contribution in [0.5, 0.6) is 0 Å². The van der Waals surface area contributed by atoms with E-state index in [1.807, 2.05) is 42.5 Å². The van der Waals surface area contributed by atoms with Gasteiger partial charge < -0.3 is 0 Å². The van der Waals surface area contributed by atoms with Crippen molar-refractivity contribution in [2.75, 3.05) is 22.9 Å². The molecule has 2 heterocycles. The first kappa shape index (κ1) is 22.6. The molecule has 2 aromatic carbocycles. The van der Waals surface area contributed by atoms with Crippen LogP contribution in [0.4, 0.5) is 15.6 Å². The zero-order valence-corrected chi connectivity index (χ0v) is 20.3. The number of aryl methyl sites for hydroxylation is 1. The van der Waals surface area contributed by atoms with Gasteiger partial charge in [-0.25, -0.2) is 23.3 Å². The summed E-state index contributed by atoms with van der Waals surface area (Å²) in [6.07, 6.45) is 3.11. The summed E-state index contributed by atoms with van der Waals surface area (Å²) in [5.74, 6) is 7.18. The summed E-state index contributed by atoms with van der Waals surface area (Å²) in [4.78, 5) is 20.8. The van der Waals surface area contributed by atoms with Crippen LogP contribution >= 0.6 is 11.3 Å². The number of aromatic nitrogens is 1. The van der Waals surface area contributed by atoms with Gasteiger partial charge in [0, 0.05) is 30.3 Å². The fourth-order valence-corrected chi connectivity index (χ4v) is 5.93. The zero-order chi connectivity index (χ0) is 23.9. The smallest absolute Gasteiger partial charge is 0.294 e. The molecule has 9 heteroatoms. The van der Waals surface area contributed by atoms with E-state index in [1.54, 1.807) is 11.8 Å². The molecule has 0 unspecified atom stereocenters. The van der Waals surface area contributed by atoms with E-state index in [9.17, 15) is 13.2 Å². The number of urea groups is 1. The number of nitrogens with two attached hydrogens (primary N) is 1. The van der Waals surface area contributed by atoms with E-state index in [0.717, 1.165) is 40.1 Å². The van der Waals surface area contributed by atoms with Crippen molar-refractivity contribution in [1.29, 1.82) is 0 Å². The molecule has 1 saturated heterocycles. The minimum atomic E-state index is -3.88. The molecule has 0 radical (unpaired) electrons. The van der Waals surface area contributed by atoms with Crippen molar-refractivity contribution in [1.82, 2.24) is 4.98 Å². The standard InChI is InChI=1S/C25H24N4O3S2/c1-17-23(34(26,31)32)33-24(27-17)29-16-4-15-28(25(29)30)21-13-11-20(12-14-21)22-6-3-2-5-19(22)10-9-18-7-8-18/h2-3,5-6,11-14,18H,4,7-8,15-16H2,1H3,(H2,26,31,32). The van der Waals surface area contributed by atoms with Crippen LogP contribution in [0.1, 0.15) is 30.5 Å². The van der Waals surface area contributed by atoms with E-state index in [2.05, 4.69) is 22.9 Å². The van der Waals surface area contributed by atoms with E-state index < -0.39 is 10.0 Å². The zero-order valence-electron chi connectivity index (χ0n) is 18.7. The number of thiazole rings is 1. The Labute approximate surface area is 203 Å². The van der Waals surface area contributed by atoms with Gasteiger partial charge in [0.25, 0.3) is 0 Å². The van der Waals surface area contributed by atoms with E-state index >= 15 is 0 Å². The third-order valence-corrected chi connectivity index (χ3v) is 8.60. The predicted molar refractivity (Wildman–Crippen MR) is 134 cm³/mol. The lowest BCUT2D eigenvalue weighted by molar-refractivity contribution is 0.248. The van der Waals surface area contributed by atoms with Gasteiger partial charge in [0.1, 0.15) is 0 Å². The highest BCUT2D eigenvalue weighted by Crippen LogP contribution is 2.33. The highest BCUT2D eigenvalue weighted by molar-refractivity contribution is 7.91. The predicted octanol–water partition coefficient (Wildman–Crippen LogP) is 4.36. The number of anilines is 2. The summed E-state index contributed by atoms with van der Waals surface area (Å²) in [5, 5.41) is 5.63. The van der Waals surface area contributed by atoms with Crippen molar-refractivity contribution < 1.29 is 13.2 Å². The van der Waals surface area contributed by atoms with E-state index in [-0.39, 0.29) is 10.2 Å². The van der Waals surface area contributed by atoms with E-state index in [0.29, 0.717) is 29.8 Å². The Bertz CT molecular complexity index is 1410. The minimum Gasteiger partial charge on any atom is -0.294 e. The van der Waals surface area contributed by atoms with Crippen molar-refractivity contribution in [3.8, 4) is 23.0 Å². The molecule has 2 amide bonds. The number of rotatable bonds is 4. The molecule has 0 atom stereocenters. The van der Waals surface area contributed by atoms with Crippen LogP contribution in [0.2, 0.25) is 0 Å². The van der Waals surface area contributed by atoms with Gasteiger partial charge in [-0.1, -0.05) is 53.5 Å². The summed E-state index contributed by atoms with van der Waals surface area (Å²) in [5.41, 5.74) is 4.20. The number of sulfonamides is 1. The van der Waals surface area contributed by atoms with Crippen LogP contribution in [-0.4, -0.2) is 32.5 Å². The molecule has 5 rings (SSSR count). The number of hydrogen-bond donors (Lipinski definition) is 1. The van der Waals surface area contributed by atoms with E-state index in [1.165, 1.54) is 17.7 Å². The molecule has 174 valence electrons. The summed E-state index contributed by atoms with van der Waals surface area (Å²) in [6.45, 7) is 2.62. The van der Waals surface area contributed by atoms with Crippen molar-refractivity contribution >= 4 is 38.2 Å². The van der Waals surface area contributed by atoms with Gasteiger partial charge in [0.05, 0.1) is 5.69 Å². The molecular formula is C25H24N4O3S2. The molecule has 34 heavy (non-hydrogen) atoms. The normalized spacial score (nSPS) is 16.4. The van der Waals surface area contributed by atoms with Crippen LogP contribution in [0.3, 0.4) is 0 Å². The average molecular weight is 493 g/mol. The van der Waals surface area contributed by atoms with Crippen LogP contribution in [0, 0.1) is 24.7 Å². The molecule has 7 nitrogen and oxygen atoms in total. The molecule has 1 aliphatic carbocycles. The maximum absolute atomic E-state index is 13.3. The van der Waals surface area contributed by atoms with Gasteiger partial charge in [0.15, 0.2) is 9.34 Å². The van der Waals surface area contributed by atoms with Gasteiger partial charge in [0.2, 0.25) is 10.0 Å². The third kappa shape index (κ3) is 4.57. The Morgan fingerprint density at radius 1 is 1.06 bits per heavy atom. The molecule has 2 N–H and O–H groups in total. The fourth-order valence-electron chi connectivity index (χ4n) is 3.96. The molecule has 0 bridgehead atoms. The lowest BCUT2D eigenvalue weighted by Crippen LogP contribution is -2.49. The number of nitrogens with zero attached hydrogens (tertiary/aromatic N) is 3. The molecule has 2 aliphatic rings. The SMILES string of the molecule is Cc1nc(N2CCCN(c3ccc(-c4ccccc4C#CC4CC4)cc3)C2=O)sc1S(N)(=O)=O. The second kappa shape index (κ2) is 8.87. The average Bonchev–Trinajstić information content (AvgIpc) is 3.57. The summed E-state index contributed by atoms with van der Waals surface area (Å²) in [7, 11) is -3.88. The summed E-state index contributed by atoms with van der Waals surface area (Å²) >= 11 is 0.928. The summed E-state index contributed by atoms with van der Waals surface area (Å²) < 4.78 is 23.6. The van der Waals surface area contributed by atoms with Crippen molar-refractivity contribution in [2.24, 2.45) is 11.1 Å². The van der Waals surface area contributed by atoms with Gasteiger partial charge >= 0.3 is 6.03 Å². The van der Waals surface area contributed by atoms with Crippen molar-refractivity contribution in [2.45, 2.75) is 30.4 Å². The lowest BCUT2D eigenvalue weighted by atomic mass is 9.99. The Hall–Kier alpha value is -3.19. The first-order chi connectivity index (χ1) is 16.3. The quantitative estimate of drug-likeness (QED) is 0.547.